The molecule has 1 aliphatic rings. The minimum Gasteiger partial charge on any atom is -0.449 e. The van der Waals surface area contributed by atoms with E-state index in [9.17, 15) is 9.59 Å². The molecule has 5 rings (SSSR count). The van der Waals surface area contributed by atoms with Gasteiger partial charge >= 0.3 is 6.09 Å². The Balaban J connectivity index is 1.88. The highest BCUT2D eigenvalue weighted by atomic mass is 16.6. The van der Waals surface area contributed by atoms with E-state index in [4.69, 9.17) is 15.0 Å². The van der Waals surface area contributed by atoms with Crippen LogP contribution in [-0.4, -0.2) is 34.9 Å². The summed E-state index contributed by atoms with van der Waals surface area (Å²) in [7, 11) is 0. The van der Waals surface area contributed by atoms with E-state index in [2.05, 4.69) is 29.3 Å². The number of allylic oxidation sites excluding steroid dienone is 5. The van der Waals surface area contributed by atoms with Crippen LogP contribution in [0.1, 0.15) is 48.1 Å². The van der Waals surface area contributed by atoms with Gasteiger partial charge in [-0.1, -0.05) is 36.0 Å². The van der Waals surface area contributed by atoms with E-state index in [0.717, 1.165) is 50.6 Å². The number of nitrogens with zero attached hydrogens (tertiary/aromatic N) is 3. The second kappa shape index (κ2) is 10.3. The van der Waals surface area contributed by atoms with E-state index >= 15 is 0 Å². The molecule has 8 heteroatoms. The summed E-state index contributed by atoms with van der Waals surface area (Å²) in [5.41, 5.74) is 12.2. The average Bonchev–Trinajstić information content (AvgIpc) is 3.43. The number of anilines is 1. The van der Waals surface area contributed by atoms with Gasteiger partial charge in [0.2, 0.25) is 5.91 Å². The largest absolute Gasteiger partial charge is 0.449 e. The van der Waals surface area contributed by atoms with Gasteiger partial charge in [0.15, 0.2) is 0 Å². The summed E-state index contributed by atoms with van der Waals surface area (Å²) in [5.74, 6) is 0.111. The maximum atomic E-state index is 13.0. The molecule has 4 aromatic rings. The van der Waals surface area contributed by atoms with Gasteiger partial charge < -0.3 is 19.6 Å². The number of benzene rings is 2. The molecule has 0 saturated carbocycles. The first-order chi connectivity index (χ1) is 18.8. The number of ether oxygens (including phenoxy) is 1. The van der Waals surface area contributed by atoms with Gasteiger partial charge in [-0.3, -0.25) is 9.69 Å². The van der Waals surface area contributed by atoms with Crippen LogP contribution in [0.2, 0.25) is 0 Å². The quantitative estimate of drug-likeness (QED) is 0.269. The summed E-state index contributed by atoms with van der Waals surface area (Å²) in [6, 6.07) is 9.57. The molecular formula is C31H32N4O4. The fraction of sp³-hybridized carbons (Fsp3) is 0.258. The molecule has 1 unspecified atom stereocenters. The zero-order valence-electron chi connectivity index (χ0n) is 22.7. The van der Waals surface area contributed by atoms with Crippen molar-refractivity contribution in [3.05, 3.63) is 83.8 Å². The van der Waals surface area contributed by atoms with Crippen LogP contribution < -0.4 is 10.6 Å². The molecule has 2 amide bonds. The summed E-state index contributed by atoms with van der Waals surface area (Å²) in [5, 5.41) is 5.66. The summed E-state index contributed by atoms with van der Waals surface area (Å²) in [6.45, 7) is 12.8. The van der Waals surface area contributed by atoms with Crippen LogP contribution in [-0.2, 0) is 4.74 Å². The Morgan fingerprint density at radius 2 is 2.00 bits per heavy atom. The minimum atomic E-state index is -0.545. The molecule has 2 aromatic carbocycles. The Hall–Kier alpha value is -4.59. The van der Waals surface area contributed by atoms with Crippen molar-refractivity contribution in [2.75, 3.05) is 18.1 Å². The Labute approximate surface area is 227 Å². The second-order valence-corrected chi connectivity index (χ2v) is 9.74. The maximum Gasteiger partial charge on any atom is 0.414 e. The summed E-state index contributed by atoms with van der Waals surface area (Å²) in [4.78, 5) is 27.1. The van der Waals surface area contributed by atoms with Crippen molar-refractivity contribution < 1.29 is 18.8 Å². The van der Waals surface area contributed by atoms with Crippen LogP contribution in [0.4, 0.5) is 10.5 Å². The summed E-state index contributed by atoms with van der Waals surface area (Å²) >= 11 is 0. The van der Waals surface area contributed by atoms with Crippen LogP contribution in [0.25, 0.3) is 32.9 Å². The lowest BCUT2D eigenvalue weighted by atomic mass is 9.97. The van der Waals surface area contributed by atoms with Crippen LogP contribution in [0.3, 0.4) is 0 Å². The van der Waals surface area contributed by atoms with Gasteiger partial charge in [0, 0.05) is 39.6 Å². The number of hydrogen-bond donors (Lipinski definition) is 1. The topological polar surface area (TPSA) is 104 Å². The van der Waals surface area contributed by atoms with E-state index in [1.54, 1.807) is 11.0 Å². The molecule has 1 aliphatic heterocycles. The number of fused-ring (bicyclic) bond motifs is 3. The monoisotopic (exact) mass is 524 g/mol. The molecule has 8 nitrogen and oxygen atoms in total. The fourth-order valence-corrected chi connectivity index (χ4v) is 5.50. The van der Waals surface area contributed by atoms with Crippen molar-refractivity contribution >= 4 is 39.5 Å². The van der Waals surface area contributed by atoms with E-state index in [1.807, 2.05) is 63.3 Å². The SMILES string of the molecule is C=C/C(=C\C=C/C)C(C)n1c2ccc(N3CCCOC3=O)cc2c2c(C(N)=O)cc(-c3c(C)noc3C)cc21. The molecule has 200 valence electrons. The molecule has 1 fully saturated rings. The zero-order chi connectivity index (χ0) is 27.8. The van der Waals surface area contributed by atoms with Crippen molar-refractivity contribution in [2.24, 2.45) is 5.73 Å². The molecule has 0 aliphatic carbocycles. The number of cyclic esters (lactones) is 1. The number of amides is 2. The first-order valence-corrected chi connectivity index (χ1v) is 13.0. The molecular weight excluding hydrogens is 492 g/mol. The van der Waals surface area contributed by atoms with Crippen molar-refractivity contribution in [3.63, 3.8) is 0 Å². The molecule has 2 aromatic heterocycles. The smallest absolute Gasteiger partial charge is 0.414 e. The zero-order valence-corrected chi connectivity index (χ0v) is 22.7. The molecule has 2 N–H and O–H groups in total. The van der Waals surface area contributed by atoms with Crippen molar-refractivity contribution in [2.45, 2.75) is 40.2 Å². The standard InChI is InChI=1S/C31H32N4O4/c1-6-8-10-21(7-2)19(4)35-26-12-11-23(34-13-9-14-38-31(34)37)17-24(26)29-25(30(32)36)15-22(16-27(29)35)28-18(3)33-39-20(28)5/h6-8,10-12,15-17,19H,2,9,13-14H2,1,3-5H3,(H2,32,36)/b8-6-,21-10+. The normalized spacial score (nSPS) is 15.3. The number of primary amides is 1. The van der Waals surface area contributed by atoms with Crippen molar-refractivity contribution in [3.8, 4) is 11.1 Å². The lowest BCUT2D eigenvalue weighted by molar-refractivity contribution is 0.100. The summed E-state index contributed by atoms with van der Waals surface area (Å²) in [6.07, 6.45) is 8.18. The first kappa shape index (κ1) is 26.0. The fourth-order valence-electron chi connectivity index (χ4n) is 5.50. The number of aromatic nitrogens is 2. The average molecular weight is 525 g/mol. The van der Waals surface area contributed by atoms with Crippen molar-refractivity contribution in [1.29, 1.82) is 0 Å². The molecule has 0 bridgehead atoms. The Kier molecular flexibility index (Phi) is 6.87. The molecule has 0 spiro atoms. The Morgan fingerprint density at radius 1 is 1.21 bits per heavy atom. The molecule has 39 heavy (non-hydrogen) atoms. The third kappa shape index (κ3) is 4.41. The van der Waals surface area contributed by atoms with Gasteiger partial charge in [0.25, 0.3) is 0 Å². The highest BCUT2D eigenvalue weighted by molar-refractivity contribution is 6.20. The van der Waals surface area contributed by atoms with E-state index < -0.39 is 5.91 Å². The predicted octanol–water partition coefficient (Wildman–Crippen LogP) is 6.76. The van der Waals surface area contributed by atoms with Gasteiger partial charge in [-0.05, 0) is 75.6 Å². The minimum absolute atomic E-state index is 0.134. The number of hydrogen-bond acceptors (Lipinski definition) is 5. The first-order valence-electron chi connectivity index (χ1n) is 13.0. The molecule has 1 atom stereocenters. The third-order valence-electron chi connectivity index (χ3n) is 7.34. The number of nitrogens with two attached hydrogens (primary N) is 1. The highest BCUT2D eigenvalue weighted by Crippen LogP contribution is 2.41. The molecule has 3 heterocycles. The third-order valence-corrected chi connectivity index (χ3v) is 7.34. The van der Waals surface area contributed by atoms with Crippen LogP contribution in [0, 0.1) is 13.8 Å². The lowest BCUT2D eigenvalue weighted by Gasteiger charge is -2.26. The lowest BCUT2D eigenvalue weighted by Crippen LogP contribution is -2.37. The predicted molar refractivity (Wildman–Crippen MR) is 154 cm³/mol. The van der Waals surface area contributed by atoms with Crippen LogP contribution in [0.15, 0.2) is 71.3 Å². The number of carbonyl (C=O) groups is 2. The van der Waals surface area contributed by atoms with Gasteiger partial charge in [-0.2, -0.15) is 0 Å². The van der Waals surface area contributed by atoms with E-state index in [0.29, 0.717) is 30.2 Å². The molecule has 1 saturated heterocycles. The summed E-state index contributed by atoms with van der Waals surface area (Å²) < 4.78 is 12.9. The van der Waals surface area contributed by atoms with E-state index in [1.165, 1.54) is 0 Å². The number of rotatable bonds is 7. The number of aryl methyl sites for hydroxylation is 2. The van der Waals surface area contributed by atoms with Gasteiger partial charge in [0.05, 0.1) is 23.9 Å². The molecule has 0 radical (unpaired) electrons. The van der Waals surface area contributed by atoms with Crippen LogP contribution in [0.5, 0.6) is 0 Å². The van der Waals surface area contributed by atoms with Gasteiger partial charge in [-0.25, -0.2) is 4.79 Å². The maximum absolute atomic E-state index is 13.0. The number of carbonyl (C=O) groups excluding carboxylic acids is 2. The van der Waals surface area contributed by atoms with Crippen LogP contribution >= 0.6 is 0 Å². The Bertz CT molecular complexity index is 1670. The second-order valence-electron chi connectivity index (χ2n) is 9.74. The van der Waals surface area contributed by atoms with Crippen molar-refractivity contribution in [1.82, 2.24) is 9.72 Å². The highest BCUT2D eigenvalue weighted by Gasteiger charge is 2.26. The van der Waals surface area contributed by atoms with Gasteiger partial charge in [0.1, 0.15) is 5.76 Å². The Morgan fingerprint density at radius 3 is 2.64 bits per heavy atom. The van der Waals surface area contributed by atoms with E-state index in [-0.39, 0.29) is 12.1 Å². The van der Waals surface area contributed by atoms with Gasteiger partial charge in [-0.15, -0.1) is 0 Å².